The zero-order valence-electron chi connectivity index (χ0n) is 23.0. The molecule has 0 aliphatic heterocycles. The van der Waals surface area contributed by atoms with Crippen LogP contribution in [0.2, 0.25) is 0 Å². The molecule has 3 aromatic rings. The molecule has 5 N–H and O–H groups in total. The van der Waals surface area contributed by atoms with Crippen LogP contribution in [0.15, 0.2) is 53.4 Å². The molecule has 216 valence electrons. The van der Waals surface area contributed by atoms with Gasteiger partial charge in [0.2, 0.25) is 21.7 Å². The molecule has 1 aromatic heterocycles. The third-order valence-electron chi connectivity index (χ3n) is 5.70. The van der Waals surface area contributed by atoms with Crippen molar-refractivity contribution in [1.82, 2.24) is 9.71 Å². The summed E-state index contributed by atoms with van der Waals surface area (Å²) in [7, 11) is -3.80. The van der Waals surface area contributed by atoms with Gasteiger partial charge in [-0.05, 0) is 56.9 Å². The molecule has 3 rings (SSSR count). The molecule has 0 aliphatic rings. The topological polar surface area (TPSA) is 126 Å². The van der Waals surface area contributed by atoms with Crippen LogP contribution in [-0.2, 0) is 14.8 Å². The number of sulfonamides is 1. The average Bonchev–Trinajstić information content (AvgIpc) is 2.84. The summed E-state index contributed by atoms with van der Waals surface area (Å²) < 4.78 is 71.0. The van der Waals surface area contributed by atoms with Gasteiger partial charge in [-0.2, -0.15) is 13.8 Å². The Balaban J connectivity index is 1.77. The van der Waals surface area contributed by atoms with Crippen LogP contribution in [0.5, 0.6) is 0 Å². The van der Waals surface area contributed by atoms with E-state index in [0.29, 0.717) is 23.2 Å². The summed E-state index contributed by atoms with van der Waals surface area (Å²) in [6.45, 7) is 9.00. The number of carbonyl (C=O) groups excluding carboxylic acids is 1. The molecule has 1 atom stereocenters. The van der Waals surface area contributed by atoms with Gasteiger partial charge in [0.05, 0.1) is 4.90 Å². The quantitative estimate of drug-likeness (QED) is 0.230. The lowest BCUT2D eigenvalue weighted by atomic mass is 10.00. The molecular weight excluding hydrogens is 543 g/mol. The number of nitrogens with zero attached hydrogens (tertiary/aromatic N) is 1. The maximum Gasteiger partial charge on any atom is 0.253 e. The van der Waals surface area contributed by atoms with Crippen LogP contribution in [0.25, 0.3) is 11.1 Å². The van der Waals surface area contributed by atoms with E-state index < -0.39 is 56.6 Å². The normalized spacial score (nSPS) is 12.8. The number of carbonyl (C=O) groups is 1. The van der Waals surface area contributed by atoms with Crippen molar-refractivity contribution in [3.8, 4) is 11.1 Å². The van der Waals surface area contributed by atoms with Crippen molar-refractivity contribution in [2.45, 2.75) is 63.9 Å². The van der Waals surface area contributed by atoms with Crippen LogP contribution >= 0.6 is 0 Å². The molecule has 0 radical (unpaired) electrons. The van der Waals surface area contributed by atoms with Crippen molar-refractivity contribution in [2.24, 2.45) is 5.92 Å². The van der Waals surface area contributed by atoms with E-state index in [1.54, 1.807) is 63.2 Å². The van der Waals surface area contributed by atoms with Gasteiger partial charge in [-0.25, -0.2) is 17.5 Å². The van der Waals surface area contributed by atoms with Crippen molar-refractivity contribution < 1.29 is 26.4 Å². The second kappa shape index (κ2) is 12.3. The maximum absolute atomic E-state index is 14.4. The Morgan fingerprint density at radius 1 is 1.00 bits per heavy atom. The van der Waals surface area contributed by atoms with Gasteiger partial charge in [0.1, 0.15) is 5.69 Å². The predicted octanol–water partition coefficient (Wildman–Crippen LogP) is 5.68. The van der Waals surface area contributed by atoms with E-state index in [2.05, 4.69) is 20.3 Å². The fourth-order valence-electron chi connectivity index (χ4n) is 4.19. The number of hydrogen-bond donors (Lipinski definition) is 4. The van der Waals surface area contributed by atoms with Gasteiger partial charge in [0, 0.05) is 29.3 Å². The molecule has 40 heavy (non-hydrogen) atoms. The predicted molar refractivity (Wildman–Crippen MR) is 151 cm³/mol. The van der Waals surface area contributed by atoms with Crippen LogP contribution in [0.3, 0.4) is 0 Å². The van der Waals surface area contributed by atoms with E-state index in [-0.39, 0.29) is 17.2 Å². The SMILES string of the molecule is CC(C)C[C@@H](CC(=O)Nc1ccc(-c2ccccc2S(=O)(=O)NC(C)(C)C)cc1)Nc1c(F)c(N)nc(F)c1F. The first-order valence-electron chi connectivity index (χ1n) is 12.7. The largest absolute Gasteiger partial charge is 0.381 e. The third kappa shape index (κ3) is 7.95. The Morgan fingerprint density at radius 2 is 1.62 bits per heavy atom. The van der Waals surface area contributed by atoms with Gasteiger partial charge in [-0.1, -0.05) is 44.2 Å². The minimum absolute atomic E-state index is 0.0452. The number of nitrogens with two attached hydrogens (primary N) is 1. The van der Waals surface area contributed by atoms with Crippen LogP contribution in [-0.4, -0.2) is 30.9 Å². The van der Waals surface area contributed by atoms with E-state index in [1.165, 1.54) is 6.07 Å². The summed E-state index contributed by atoms with van der Waals surface area (Å²) in [5, 5.41) is 5.31. The number of rotatable bonds is 10. The Labute approximate surface area is 232 Å². The molecule has 0 saturated heterocycles. The maximum atomic E-state index is 14.4. The van der Waals surface area contributed by atoms with Gasteiger partial charge >= 0.3 is 0 Å². The zero-order valence-corrected chi connectivity index (χ0v) is 23.8. The van der Waals surface area contributed by atoms with Crippen LogP contribution in [0, 0.1) is 23.5 Å². The number of aromatic nitrogens is 1. The number of nitrogen functional groups attached to an aromatic ring is 1. The summed E-state index contributed by atoms with van der Waals surface area (Å²) in [6.07, 6.45) is 0.172. The second-order valence-electron chi connectivity index (χ2n) is 10.9. The fraction of sp³-hybridized carbons (Fsp3) is 0.357. The van der Waals surface area contributed by atoms with Crippen LogP contribution < -0.4 is 21.1 Å². The van der Waals surface area contributed by atoms with Crippen molar-refractivity contribution in [2.75, 3.05) is 16.4 Å². The fourth-order valence-corrected chi connectivity index (χ4v) is 5.84. The van der Waals surface area contributed by atoms with Gasteiger partial charge in [-0.15, -0.1) is 0 Å². The van der Waals surface area contributed by atoms with Crippen molar-refractivity contribution in [3.63, 3.8) is 0 Å². The molecule has 0 unspecified atom stereocenters. The summed E-state index contributed by atoms with van der Waals surface area (Å²) in [4.78, 5) is 15.9. The molecule has 2 aromatic carbocycles. The summed E-state index contributed by atoms with van der Waals surface area (Å²) in [6, 6.07) is 12.5. The molecule has 1 heterocycles. The first-order valence-corrected chi connectivity index (χ1v) is 14.2. The number of amides is 1. The van der Waals surface area contributed by atoms with Crippen LogP contribution in [0.1, 0.15) is 47.5 Å². The highest BCUT2D eigenvalue weighted by Crippen LogP contribution is 2.30. The monoisotopic (exact) mass is 577 g/mol. The van der Waals surface area contributed by atoms with E-state index in [1.807, 2.05) is 13.8 Å². The van der Waals surface area contributed by atoms with Crippen molar-refractivity contribution in [3.05, 3.63) is 66.1 Å². The second-order valence-corrected chi connectivity index (χ2v) is 12.6. The Bertz CT molecular complexity index is 1450. The first kappa shape index (κ1) is 30.9. The highest BCUT2D eigenvalue weighted by molar-refractivity contribution is 7.89. The number of nitrogens with one attached hydrogen (secondary N) is 3. The van der Waals surface area contributed by atoms with Gasteiger partial charge in [0.15, 0.2) is 11.6 Å². The molecule has 0 bridgehead atoms. The lowest BCUT2D eigenvalue weighted by Crippen LogP contribution is -2.40. The van der Waals surface area contributed by atoms with E-state index in [0.717, 1.165) is 0 Å². The van der Waals surface area contributed by atoms with Crippen LogP contribution in [0.4, 0.5) is 30.4 Å². The molecule has 0 spiro atoms. The highest BCUT2D eigenvalue weighted by atomic mass is 32.2. The lowest BCUT2D eigenvalue weighted by Gasteiger charge is -2.22. The molecule has 1 amide bonds. The Hall–Kier alpha value is -3.64. The molecule has 0 aliphatic carbocycles. The van der Waals surface area contributed by atoms with Gasteiger partial charge < -0.3 is 16.4 Å². The summed E-state index contributed by atoms with van der Waals surface area (Å²) in [5.41, 5.74) is 5.44. The smallest absolute Gasteiger partial charge is 0.253 e. The number of halogens is 3. The van der Waals surface area contributed by atoms with E-state index in [4.69, 9.17) is 5.73 Å². The van der Waals surface area contributed by atoms with Crippen molar-refractivity contribution in [1.29, 1.82) is 0 Å². The number of hydrogen-bond acceptors (Lipinski definition) is 6. The summed E-state index contributed by atoms with van der Waals surface area (Å²) in [5.74, 6) is -5.49. The minimum Gasteiger partial charge on any atom is -0.381 e. The molecule has 8 nitrogen and oxygen atoms in total. The highest BCUT2D eigenvalue weighted by Gasteiger charge is 2.26. The van der Waals surface area contributed by atoms with E-state index in [9.17, 15) is 26.4 Å². The molecule has 0 saturated carbocycles. The third-order valence-corrected chi connectivity index (χ3v) is 7.51. The number of pyridine rings is 1. The molecule has 0 fully saturated rings. The minimum atomic E-state index is -3.80. The van der Waals surface area contributed by atoms with Gasteiger partial charge in [0.25, 0.3) is 5.95 Å². The molecule has 12 heteroatoms. The number of anilines is 3. The zero-order chi connectivity index (χ0) is 29.8. The van der Waals surface area contributed by atoms with Gasteiger partial charge in [-0.3, -0.25) is 4.79 Å². The first-order chi connectivity index (χ1) is 18.6. The average molecular weight is 578 g/mol. The van der Waals surface area contributed by atoms with E-state index >= 15 is 0 Å². The Kier molecular flexibility index (Phi) is 9.47. The summed E-state index contributed by atoms with van der Waals surface area (Å²) >= 11 is 0. The lowest BCUT2D eigenvalue weighted by molar-refractivity contribution is -0.116. The standard InChI is InChI=1S/C28H34F3N5O3S/c1-16(2)14-19(34-25-23(29)26(31)35-27(32)24(25)30)15-22(37)33-18-12-10-17(11-13-18)20-8-6-7-9-21(20)40(38,39)36-28(3,4)5/h6-13,16,19,36H,14-15H2,1-5H3,(H,33,37)(H3,32,34,35)/t19-/m0/s1. The van der Waals surface area contributed by atoms with Crippen molar-refractivity contribution >= 4 is 33.1 Å². The molecular formula is C28H34F3N5O3S. The number of benzene rings is 2. The Morgan fingerprint density at radius 3 is 2.23 bits per heavy atom.